The van der Waals surface area contributed by atoms with Crippen molar-refractivity contribution in [1.29, 1.82) is 0 Å². The van der Waals surface area contributed by atoms with Gasteiger partial charge >= 0.3 is 5.97 Å². The van der Waals surface area contributed by atoms with Crippen molar-refractivity contribution in [3.8, 4) is 0 Å². The smallest absolute Gasteiger partial charge is 0.352 e. The van der Waals surface area contributed by atoms with Gasteiger partial charge in [0, 0.05) is 24.3 Å². The van der Waals surface area contributed by atoms with Gasteiger partial charge in [-0.05, 0) is 24.1 Å². The van der Waals surface area contributed by atoms with Gasteiger partial charge in [-0.25, -0.2) is 4.79 Å². The Labute approximate surface area is 126 Å². The zero-order chi connectivity index (χ0) is 14.8. The molecule has 0 bridgehead atoms. The summed E-state index contributed by atoms with van der Waals surface area (Å²) in [5.41, 5.74) is 2.25. The van der Waals surface area contributed by atoms with E-state index in [0.717, 1.165) is 16.5 Å². The Bertz CT molecular complexity index is 806. The van der Waals surface area contributed by atoms with Crippen molar-refractivity contribution in [1.82, 2.24) is 9.55 Å². The van der Waals surface area contributed by atoms with Crippen LogP contribution in [0.1, 0.15) is 16.1 Å². The summed E-state index contributed by atoms with van der Waals surface area (Å²) in [6.07, 6.45) is 4.10. The molecule has 0 aliphatic carbocycles. The van der Waals surface area contributed by atoms with E-state index in [9.17, 15) is 4.79 Å². The third-order valence-electron chi connectivity index (χ3n) is 3.42. The van der Waals surface area contributed by atoms with Crippen molar-refractivity contribution >= 4 is 28.5 Å². The molecular weight excluding hydrogens is 288 g/mol. The molecular formula is C16H13ClN2O2. The highest BCUT2D eigenvalue weighted by Gasteiger charge is 2.12. The first-order valence-corrected chi connectivity index (χ1v) is 6.94. The van der Waals surface area contributed by atoms with Gasteiger partial charge in [-0.3, -0.25) is 4.98 Å². The van der Waals surface area contributed by atoms with Crippen LogP contribution in [-0.2, 0) is 13.0 Å². The van der Waals surface area contributed by atoms with E-state index >= 15 is 0 Å². The van der Waals surface area contributed by atoms with Crippen LogP contribution in [0.3, 0.4) is 0 Å². The van der Waals surface area contributed by atoms with Crippen LogP contribution in [0.4, 0.5) is 0 Å². The predicted octanol–water partition coefficient (Wildman–Crippen LogP) is 3.63. The topological polar surface area (TPSA) is 55.1 Å². The molecule has 0 amide bonds. The predicted molar refractivity (Wildman–Crippen MR) is 81.8 cm³/mol. The number of hydrogen-bond donors (Lipinski definition) is 1. The molecule has 0 unspecified atom stereocenters. The Morgan fingerprint density at radius 3 is 2.90 bits per heavy atom. The first-order chi connectivity index (χ1) is 10.1. The molecule has 4 nitrogen and oxygen atoms in total. The fraction of sp³-hybridized carbons (Fsp3) is 0.125. The zero-order valence-electron chi connectivity index (χ0n) is 11.2. The highest BCUT2D eigenvalue weighted by molar-refractivity contribution is 6.30. The highest BCUT2D eigenvalue weighted by atomic mass is 35.5. The van der Waals surface area contributed by atoms with Crippen molar-refractivity contribution in [2.24, 2.45) is 0 Å². The number of rotatable bonds is 4. The van der Waals surface area contributed by atoms with Gasteiger partial charge in [0.25, 0.3) is 0 Å². The number of hydrogen-bond acceptors (Lipinski definition) is 2. The lowest BCUT2D eigenvalue weighted by atomic mass is 10.1. The molecule has 0 aliphatic heterocycles. The molecule has 0 saturated carbocycles. The fourth-order valence-corrected chi connectivity index (χ4v) is 2.67. The largest absolute Gasteiger partial charge is 0.477 e. The molecule has 1 N–H and O–H groups in total. The second kappa shape index (κ2) is 5.58. The number of fused-ring (bicyclic) bond motifs is 1. The average Bonchev–Trinajstić information content (AvgIpc) is 2.86. The Balaban J connectivity index is 1.89. The molecule has 3 rings (SSSR count). The molecule has 106 valence electrons. The standard InChI is InChI=1S/C16H13ClN2O2/c17-13-9-14(16(20)21)19(10-13)8-6-12-4-1-3-11-5-2-7-18-15(11)12/h1-5,7,9-10H,6,8H2,(H,20,21). The van der Waals surface area contributed by atoms with Gasteiger partial charge in [0.15, 0.2) is 0 Å². The lowest BCUT2D eigenvalue weighted by Crippen LogP contribution is -2.09. The van der Waals surface area contributed by atoms with E-state index in [1.165, 1.54) is 6.07 Å². The summed E-state index contributed by atoms with van der Waals surface area (Å²) in [6, 6.07) is 11.4. The van der Waals surface area contributed by atoms with Crippen LogP contribution in [0.25, 0.3) is 10.9 Å². The summed E-state index contributed by atoms with van der Waals surface area (Å²) in [5.74, 6) is -0.974. The summed E-state index contributed by atoms with van der Waals surface area (Å²) in [6.45, 7) is 0.546. The lowest BCUT2D eigenvalue weighted by Gasteiger charge is -2.08. The minimum atomic E-state index is -0.974. The average molecular weight is 301 g/mol. The number of para-hydroxylation sites is 1. The number of aromatic carboxylic acids is 1. The van der Waals surface area contributed by atoms with Crippen LogP contribution in [0.5, 0.6) is 0 Å². The van der Waals surface area contributed by atoms with Crippen molar-refractivity contribution in [3.63, 3.8) is 0 Å². The van der Waals surface area contributed by atoms with E-state index in [1.807, 2.05) is 30.3 Å². The third kappa shape index (κ3) is 2.76. The van der Waals surface area contributed by atoms with Crippen LogP contribution in [0, 0.1) is 0 Å². The maximum Gasteiger partial charge on any atom is 0.352 e. The number of aryl methyl sites for hydroxylation is 2. The number of pyridine rings is 1. The van der Waals surface area contributed by atoms with E-state index in [0.29, 0.717) is 18.0 Å². The molecule has 0 radical (unpaired) electrons. The van der Waals surface area contributed by atoms with Crippen molar-refractivity contribution in [2.45, 2.75) is 13.0 Å². The SMILES string of the molecule is O=C(O)c1cc(Cl)cn1CCc1cccc2cccnc12. The van der Waals surface area contributed by atoms with Crippen molar-refractivity contribution in [2.75, 3.05) is 0 Å². The first kappa shape index (κ1) is 13.6. The van der Waals surface area contributed by atoms with Gasteiger partial charge in [-0.15, -0.1) is 0 Å². The second-order valence-electron chi connectivity index (χ2n) is 4.78. The number of aromatic nitrogens is 2. The summed E-state index contributed by atoms with van der Waals surface area (Å²) in [5, 5.41) is 10.7. The number of halogens is 1. The van der Waals surface area contributed by atoms with Gasteiger partial charge in [-0.2, -0.15) is 0 Å². The minimum absolute atomic E-state index is 0.202. The van der Waals surface area contributed by atoms with Gasteiger partial charge in [0.05, 0.1) is 10.5 Å². The molecule has 0 spiro atoms. The molecule has 0 fully saturated rings. The molecule has 21 heavy (non-hydrogen) atoms. The Kier molecular flexibility index (Phi) is 3.62. The summed E-state index contributed by atoms with van der Waals surface area (Å²) < 4.78 is 1.66. The Hall–Kier alpha value is -2.33. The van der Waals surface area contributed by atoms with Crippen molar-refractivity contribution < 1.29 is 9.90 Å². The molecule has 0 atom stereocenters. The van der Waals surface area contributed by atoms with Gasteiger partial charge in [-0.1, -0.05) is 35.9 Å². The Morgan fingerprint density at radius 2 is 2.10 bits per heavy atom. The van der Waals surface area contributed by atoms with Gasteiger partial charge in [0.1, 0.15) is 5.69 Å². The van der Waals surface area contributed by atoms with Crippen LogP contribution in [-0.4, -0.2) is 20.6 Å². The quantitative estimate of drug-likeness (QED) is 0.800. The summed E-state index contributed by atoms with van der Waals surface area (Å²) in [7, 11) is 0. The second-order valence-corrected chi connectivity index (χ2v) is 5.22. The van der Waals surface area contributed by atoms with Crippen LogP contribution in [0.2, 0.25) is 5.02 Å². The molecule has 2 heterocycles. The van der Waals surface area contributed by atoms with E-state index in [1.54, 1.807) is 17.0 Å². The van der Waals surface area contributed by atoms with Crippen LogP contribution in [0.15, 0.2) is 48.8 Å². The monoisotopic (exact) mass is 300 g/mol. The maximum absolute atomic E-state index is 11.2. The molecule has 1 aromatic carbocycles. The highest BCUT2D eigenvalue weighted by Crippen LogP contribution is 2.19. The number of nitrogens with zero attached hydrogens (tertiary/aromatic N) is 2. The first-order valence-electron chi connectivity index (χ1n) is 6.57. The van der Waals surface area contributed by atoms with E-state index in [2.05, 4.69) is 4.98 Å². The Morgan fingerprint density at radius 1 is 1.29 bits per heavy atom. The minimum Gasteiger partial charge on any atom is -0.477 e. The lowest BCUT2D eigenvalue weighted by molar-refractivity contribution is 0.0685. The van der Waals surface area contributed by atoms with E-state index < -0.39 is 5.97 Å². The number of benzene rings is 1. The van der Waals surface area contributed by atoms with Crippen molar-refractivity contribution in [3.05, 3.63) is 65.1 Å². The number of carboxylic acids is 1. The van der Waals surface area contributed by atoms with Gasteiger partial charge in [0.2, 0.25) is 0 Å². The number of carboxylic acid groups (broad SMARTS) is 1. The normalized spacial score (nSPS) is 10.9. The molecule has 3 aromatic rings. The summed E-state index contributed by atoms with van der Waals surface area (Å²) >= 11 is 5.89. The molecule has 0 saturated heterocycles. The van der Waals surface area contributed by atoms with E-state index in [-0.39, 0.29) is 5.69 Å². The zero-order valence-corrected chi connectivity index (χ0v) is 11.9. The maximum atomic E-state index is 11.2. The number of carbonyl (C=O) groups is 1. The summed E-state index contributed by atoms with van der Waals surface area (Å²) in [4.78, 5) is 15.6. The van der Waals surface area contributed by atoms with Gasteiger partial charge < -0.3 is 9.67 Å². The molecule has 0 aliphatic rings. The van der Waals surface area contributed by atoms with Crippen LogP contribution < -0.4 is 0 Å². The third-order valence-corrected chi connectivity index (χ3v) is 3.63. The molecule has 2 aromatic heterocycles. The van der Waals surface area contributed by atoms with E-state index in [4.69, 9.17) is 16.7 Å². The fourth-order valence-electron chi connectivity index (χ4n) is 2.45. The molecule has 5 heteroatoms. The van der Waals surface area contributed by atoms with Crippen LogP contribution >= 0.6 is 11.6 Å².